The molecule has 1 amide bonds. The molecule has 0 unspecified atom stereocenters. The predicted molar refractivity (Wildman–Crippen MR) is 123 cm³/mol. The van der Waals surface area contributed by atoms with Gasteiger partial charge in [0.15, 0.2) is 0 Å². The van der Waals surface area contributed by atoms with E-state index in [1.54, 1.807) is 12.1 Å². The lowest BCUT2D eigenvalue weighted by molar-refractivity contribution is -0.123. The van der Waals surface area contributed by atoms with Crippen LogP contribution in [0.15, 0.2) is 23.1 Å². The lowest BCUT2D eigenvalue weighted by Crippen LogP contribution is -2.53. The predicted octanol–water partition coefficient (Wildman–Crippen LogP) is 4.42. The minimum Gasteiger partial charge on any atom is -0.379 e. The average molecular weight is 532 g/mol. The summed E-state index contributed by atoms with van der Waals surface area (Å²) in [5.74, 6) is 1.39. The Morgan fingerprint density at radius 3 is 2.52 bits per heavy atom. The smallest absolute Gasteiger partial charge is 0.244 e. The number of benzene rings is 1. The van der Waals surface area contributed by atoms with E-state index in [9.17, 15) is 13.2 Å². The van der Waals surface area contributed by atoms with Gasteiger partial charge in [-0.1, -0.05) is 27.5 Å². The minimum absolute atomic E-state index is 0.0306. The van der Waals surface area contributed by atoms with Crippen LogP contribution in [0.25, 0.3) is 0 Å². The summed E-state index contributed by atoms with van der Waals surface area (Å²) in [6, 6.07) is 4.70. The highest BCUT2D eigenvalue weighted by Gasteiger charge is 2.57. The lowest BCUT2D eigenvalue weighted by Gasteiger charge is -2.60. The van der Waals surface area contributed by atoms with E-state index in [0.29, 0.717) is 50.2 Å². The van der Waals surface area contributed by atoms with Gasteiger partial charge >= 0.3 is 0 Å². The topological polar surface area (TPSA) is 75.7 Å². The molecular weight excluding hydrogens is 504 g/mol. The highest BCUT2D eigenvalue weighted by Crippen LogP contribution is 2.65. The summed E-state index contributed by atoms with van der Waals surface area (Å²) in [5.41, 5.74) is 0.534. The Morgan fingerprint density at radius 2 is 1.87 bits per heavy atom. The van der Waals surface area contributed by atoms with Crippen molar-refractivity contribution in [3.63, 3.8) is 0 Å². The van der Waals surface area contributed by atoms with Crippen LogP contribution in [0.2, 0.25) is 5.02 Å². The van der Waals surface area contributed by atoms with Crippen LogP contribution in [0.5, 0.6) is 0 Å². The second-order valence-corrected chi connectivity index (χ2v) is 14.0. The molecule has 9 heteroatoms. The van der Waals surface area contributed by atoms with Crippen LogP contribution in [0.3, 0.4) is 0 Å². The van der Waals surface area contributed by atoms with Crippen molar-refractivity contribution in [1.29, 1.82) is 0 Å². The number of rotatable bonds is 5. The Hall–Kier alpha value is -0.670. The fourth-order valence-electron chi connectivity index (χ4n) is 6.79. The largest absolute Gasteiger partial charge is 0.379 e. The molecule has 2 atom stereocenters. The third-order valence-corrected chi connectivity index (χ3v) is 10.8. The summed E-state index contributed by atoms with van der Waals surface area (Å²) in [5, 5.41) is 3.11. The van der Waals surface area contributed by atoms with Crippen molar-refractivity contribution in [2.45, 2.75) is 54.2 Å². The molecule has 1 N–H and O–H groups in total. The first-order valence-corrected chi connectivity index (χ1v) is 13.6. The van der Waals surface area contributed by atoms with Crippen molar-refractivity contribution < 1.29 is 17.9 Å². The zero-order valence-corrected chi connectivity index (χ0v) is 20.6. The van der Waals surface area contributed by atoms with Crippen LogP contribution in [-0.2, 0) is 19.6 Å². The molecule has 5 aliphatic rings. The number of hydrogen-bond donors (Lipinski definition) is 1. The first kappa shape index (κ1) is 22.1. The van der Waals surface area contributed by atoms with E-state index in [2.05, 4.69) is 21.2 Å². The summed E-state index contributed by atoms with van der Waals surface area (Å²) in [6.45, 7) is 1.33. The minimum atomic E-state index is -3.74. The molecule has 4 bridgehead atoms. The van der Waals surface area contributed by atoms with Crippen LogP contribution in [0, 0.1) is 17.3 Å². The second kappa shape index (κ2) is 7.97. The van der Waals surface area contributed by atoms with Gasteiger partial charge in [0.25, 0.3) is 0 Å². The van der Waals surface area contributed by atoms with Crippen molar-refractivity contribution in [3.05, 3.63) is 23.2 Å². The molecule has 1 heterocycles. The molecule has 5 fully saturated rings. The van der Waals surface area contributed by atoms with Crippen molar-refractivity contribution in [1.82, 2.24) is 4.31 Å². The number of halogens is 2. The van der Waals surface area contributed by atoms with Gasteiger partial charge in [0.2, 0.25) is 15.9 Å². The van der Waals surface area contributed by atoms with E-state index in [1.165, 1.54) is 29.6 Å². The van der Waals surface area contributed by atoms with Crippen LogP contribution in [0.4, 0.5) is 5.69 Å². The van der Waals surface area contributed by atoms with Gasteiger partial charge in [-0.05, 0) is 74.0 Å². The molecule has 1 saturated heterocycles. The standard InChI is InChI=1S/C22H28BrClN2O4S/c23-22-11-15-7-16(12-22)10-21(9-15,14-22)13-20(27)25-17-1-2-18(24)19(8-17)31(28,29)26-3-5-30-6-4-26/h1-2,8,15-16H,3-7,9-14H2,(H,25,27)/t15-,16-,21?,22?/m1/s1. The summed E-state index contributed by atoms with van der Waals surface area (Å²) in [7, 11) is -3.74. The van der Waals surface area contributed by atoms with Crippen LogP contribution in [-0.4, -0.2) is 49.3 Å². The summed E-state index contributed by atoms with van der Waals surface area (Å²) in [4.78, 5) is 13.0. The fraction of sp³-hybridized carbons (Fsp3) is 0.682. The molecule has 1 aromatic rings. The third kappa shape index (κ3) is 4.31. The molecule has 4 saturated carbocycles. The number of hydrogen-bond acceptors (Lipinski definition) is 4. The number of alkyl halides is 1. The van der Waals surface area contributed by atoms with E-state index in [0.717, 1.165) is 19.3 Å². The number of nitrogens with zero attached hydrogens (tertiary/aromatic N) is 1. The van der Waals surface area contributed by atoms with Gasteiger partial charge in [0, 0.05) is 29.5 Å². The van der Waals surface area contributed by atoms with E-state index in [-0.39, 0.29) is 25.6 Å². The molecule has 1 aromatic carbocycles. The molecule has 0 spiro atoms. The van der Waals surface area contributed by atoms with E-state index in [4.69, 9.17) is 16.3 Å². The van der Waals surface area contributed by atoms with Crippen molar-refractivity contribution in [2.24, 2.45) is 17.3 Å². The van der Waals surface area contributed by atoms with Gasteiger partial charge < -0.3 is 10.1 Å². The molecule has 6 nitrogen and oxygen atoms in total. The van der Waals surface area contributed by atoms with Crippen molar-refractivity contribution in [3.8, 4) is 0 Å². The number of nitrogens with one attached hydrogen (secondary N) is 1. The van der Waals surface area contributed by atoms with Gasteiger partial charge in [0.05, 0.1) is 18.2 Å². The molecule has 0 radical (unpaired) electrons. The summed E-state index contributed by atoms with van der Waals surface area (Å²) in [6.07, 6.45) is 7.55. The summed E-state index contributed by atoms with van der Waals surface area (Å²) >= 11 is 10.2. The van der Waals surface area contributed by atoms with E-state index >= 15 is 0 Å². The zero-order valence-electron chi connectivity index (χ0n) is 17.4. The number of carbonyl (C=O) groups is 1. The maximum absolute atomic E-state index is 13.0. The van der Waals surface area contributed by atoms with Gasteiger partial charge in [-0.25, -0.2) is 8.42 Å². The second-order valence-electron chi connectivity index (χ2n) is 10.00. The highest BCUT2D eigenvalue weighted by atomic mass is 79.9. The number of morpholine rings is 1. The molecule has 31 heavy (non-hydrogen) atoms. The Morgan fingerprint density at radius 1 is 1.19 bits per heavy atom. The Kier molecular flexibility index (Phi) is 5.70. The molecule has 170 valence electrons. The van der Waals surface area contributed by atoms with E-state index < -0.39 is 10.0 Å². The lowest BCUT2D eigenvalue weighted by atomic mass is 9.48. The van der Waals surface area contributed by atoms with Crippen molar-refractivity contribution in [2.75, 3.05) is 31.6 Å². The van der Waals surface area contributed by atoms with Gasteiger partial charge in [-0.15, -0.1) is 0 Å². The van der Waals surface area contributed by atoms with Gasteiger partial charge in [-0.2, -0.15) is 4.31 Å². The number of sulfonamides is 1. The quantitative estimate of drug-likeness (QED) is 0.571. The van der Waals surface area contributed by atoms with Crippen LogP contribution >= 0.6 is 27.5 Å². The highest BCUT2D eigenvalue weighted by molar-refractivity contribution is 9.10. The first-order valence-electron chi connectivity index (χ1n) is 11.0. The third-order valence-electron chi connectivity index (χ3n) is 7.45. The fourth-order valence-corrected chi connectivity index (χ4v) is 10.2. The number of anilines is 1. The van der Waals surface area contributed by atoms with Gasteiger partial charge in [0.1, 0.15) is 4.90 Å². The number of ether oxygens (including phenoxy) is 1. The Labute approximate surface area is 197 Å². The number of amides is 1. The Bertz CT molecular complexity index is 981. The average Bonchev–Trinajstić information content (AvgIpc) is 2.67. The van der Waals surface area contributed by atoms with Gasteiger partial charge in [-0.3, -0.25) is 4.79 Å². The molecule has 4 aliphatic carbocycles. The Balaban J connectivity index is 1.32. The maximum atomic E-state index is 13.0. The summed E-state index contributed by atoms with van der Waals surface area (Å²) < 4.78 is 32.9. The SMILES string of the molecule is O=C(CC12C[C@H]3C[C@@H](CC(Br)(C3)C1)C2)Nc1ccc(Cl)c(S(=O)(=O)N2CCOCC2)c1. The van der Waals surface area contributed by atoms with Crippen molar-refractivity contribution >= 4 is 49.1 Å². The molecule has 6 rings (SSSR count). The molecular formula is C22H28BrClN2O4S. The number of carbonyl (C=O) groups excluding carboxylic acids is 1. The molecule has 1 aliphatic heterocycles. The zero-order chi connectivity index (χ0) is 21.9. The van der Waals surface area contributed by atoms with Crippen LogP contribution < -0.4 is 5.32 Å². The normalized spacial score (nSPS) is 35.3. The van der Waals surface area contributed by atoms with Crippen LogP contribution in [0.1, 0.15) is 44.9 Å². The molecule has 0 aromatic heterocycles. The monoisotopic (exact) mass is 530 g/mol. The maximum Gasteiger partial charge on any atom is 0.244 e. The first-order chi connectivity index (χ1) is 14.7. The van der Waals surface area contributed by atoms with E-state index in [1.807, 2.05) is 0 Å².